The lowest BCUT2D eigenvalue weighted by Gasteiger charge is -2.56. The monoisotopic (exact) mass is 451 g/mol. The minimum absolute atomic E-state index is 0.318. The number of anilines is 1. The molecule has 3 aliphatic carbocycles. The molecule has 1 fully saturated rings. The van der Waals surface area contributed by atoms with Crippen molar-refractivity contribution in [3.05, 3.63) is 101 Å². The fourth-order valence-corrected chi connectivity index (χ4v) is 6.58. The molecule has 168 valence electrons. The Morgan fingerprint density at radius 3 is 1.82 bits per heavy atom. The maximum Gasteiger partial charge on any atom is 0.337 e. The summed E-state index contributed by atoms with van der Waals surface area (Å²) in [5.74, 6) is -2.82. The first-order valence-corrected chi connectivity index (χ1v) is 11.1. The van der Waals surface area contributed by atoms with E-state index in [-0.39, 0.29) is 5.91 Å². The van der Waals surface area contributed by atoms with Gasteiger partial charge in [0.05, 0.1) is 35.6 Å². The van der Waals surface area contributed by atoms with Crippen LogP contribution in [0.2, 0.25) is 0 Å². The molecule has 4 aliphatic rings. The molecule has 0 radical (unpaired) electrons. The van der Waals surface area contributed by atoms with Crippen molar-refractivity contribution in [1.29, 1.82) is 0 Å². The van der Waals surface area contributed by atoms with Crippen molar-refractivity contribution in [2.75, 3.05) is 12.0 Å². The van der Waals surface area contributed by atoms with Crippen LogP contribution in [-0.2, 0) is 30.0 Å². The van der Waals surface area contributed by atoms with Crippen molar-refractivity contribution in [2.45, 2.75) is 17.8 Å². The predicted octanol–water partition coefficient (Wildman–Crippen LogP) is 3.40. The number of nitrogens with zero attached hydrogens (tertiary/aromatic N) is 1. The summed E-state index contributed by atoms with van der Waals surface area (Å²) in [6, 6.07) is 21.5. The van der Waals surface area contributed by atoms with Gasteiger partial charge in [-0.25, -0.2) is 9.69 Å². The smallest absolute Gasteiger partial charge is 0.337 e. The number of ether oxygens (including phenoxy) is 1. The zero-order chi connectivity index (χ0) is 23.8. The number of esters is 1. The van der Waals surface area contributed by atoms with E-state index >= 15 is 0 Å². The van der Waals surface area contributed by atoms with Gasteiger partial charge in [0.25, 0.3) is 0 Å². The second-order valence-electron chi connectivity index (χ2n) is 9.29. The second kappa shape index (κ2) is 6.73. The number of aldehydes is 1. The van der Waals surface area contributed by atoms with Crippen molar-refractivity contribution < 1.29 is 23.9 Å². The Hall–Kier alpha value is -4.06. The molecule has 2 atom stereocenters. The number of methoxy groups -OCH3 is 1. The first kappa shape index (κ1) is 20.5. The molecule has 0 saturated carbocycles. The van der Waals surface area contributed by atoms with E-state index in [0.29, 0.717) is 11.3 Å². The fraction of sp³-hybridized carbons (Fsp3) is 0.214. The van der Waals surface area contributed by atoms with Gasteiger partial charge >= 0.3 is 5.97 Å². The Morgan fingerprint density at radius 1 is 0.824 bits per heavy atom. The molecular formula is C28H21NO5. The Bertz CT molecular complexity index is 1360. The molecule has 34 heavy (non-hydrogen) atoms. The first-order chi connectivity index (χ1) is 16.4. The van der Waals surface area contributed by atoms with E-state index in [0.717, 1.165) is 28.5 Å². The fourth-order valence-electron chi connectivity index (χ4n) is 6.58. The van der Waals surface area contributed by atoms with Crippen LogP contribution in [0.3, 0.4) is 0 Å². The molecule has 7 rings (SSSR count). The van der Waals surface area contributed by atoms with Crippen LogP contribution in [0.15, 0.2) is 72.8 Å². The molecule has 0 N–H and O–H groups in total. The van der Waals surface area contributed by atoms with E-state index in [1.165, 1.54) is 24.1 Å². The molecule has 3 aromatic carbocycles. The summed E-state index contributed by atoms with van der Waals surface area (Å²) in [5, 5.41) is 0. The largest absolute Gasteiger partial charge is 0.465 e. The summed E-state index contributed by atoms with van der Waals surface area (Å²) in [6.45, 7) is 2.01. The minimum atomic E-state index is -1.25. The number of carbonyl (C=O) groups excluding carboxylic acids is 4. The molecule has 6 heteroatoms. The van der Waals surface area contributed by atoms with Crippen LogP contribution in [0, 0.1) is 11.8 Å². The highest BCUT2D eigenvalue weighted by Crippen LogP contribution is 2.66. The number of hydrogen-bond donors (Lipinski definition) is 0. The SMILES string of the molecule is COC(=O)c1ccc(N2C(=O)[C@H]3[C@H](C2=O)C2(C=O)c4ccccc4C3(C)c3ccccc32)cc1. The van der Waals surface area contributed by atoms with Gasteiger partial charge in [-0.3, -0.25) is 9.59 Å². The number of amides is 2. The van der Waals surface area contributed by atoms with E-state index in [1.54, 1.807) is 12.1 Å². The van der Waals surface area contributed by atoms with E-state index in [2.05, 4.69) is 0 Å². The average molecular weight is 451 g/mol. The Morgan fingerprint density at radius 2 is 1.32 bits per heavy atom. The third-order valence-electron chi connectivity index (χ3n) is 8.02. The molecule has 1 aliphatic heterocycles. The van der Waals surface area contributed by atoms with Crippen LogP contribution >= 0.6 is 0 Å². The number of imide groups is 1. The summed E-state index contributed by atoms with van der Waals surface area (Å²) in [7, 11) is 1.29. The van der Waals surface area contributed by atoms with E-state index in [1.807, 2.05) is 55.5 Å². The number of benzene rings is 3. The molecule has 2 bridgehead atoms. The molecule has 0 unspecified atom stereocenters. The maximum atomic E-state index is 14.0. The number of hydrogen-bond acceptors (Lipinski definition) is 5. The van der Waals surface area contributed by atoms with Gasteiger partial charge in [0.15, 0.2) is 0 Å². The van der Waals surface area contributed by atoms with Crippen LogP contribution in [0.5, 0.6) is 0 Å². The molecule has 1 heterocycles. The van der Waals surface area contributed by atoms with E-state index in [9.17, 15) is 19.2 Å². The lowest BCUT2D eigenvalue weighted by Crippen LogP contribution is -2.61. The Balaban J connectivity index is 1.59. The van der Waals surface area contributed by atoms with Crippen LogP contribution < -0.4 is 4.90 Å². The third-order valence-corrected chi connectivity index (χ3v) is 8.02. The topological polar surface area (TPSA) is 80.8 Å². The van der Waals surface area contributed by atoms with Crippen molar-refractivity contribution >= 4 is 29.8 Å². The van der Waals surface area contributed by atoms with Crippen molar-refractivity contribution in [1.82, 2.24) is 0 Å². The number of rotatable bonds is 3. The van der Waals surface area contributed by atoms with E-state index in [4.69, 9.17) is 4.74 Å². The summed E-state index contributed by atoms with van der Waals surface area (Å²) >= 11 is 0. The maximum absolute atomic E-state index is 14.0. The second-order valence-corrected chi connectivity index (χ2v) is 9.29. The first-order valence-electron chi connectivity index (χ1n) is 11.1. The highest BCUT2D eigenvalue weighted by molar-refractivity contribution is 6.25. The van der Waals surface area contributed by atoms with Crippen molar-refractivity contribution in [2.24, 2.45) is 11.8 Å². The van der Waals surface area contributed by atoms with Crippen LogP contribution in [-0.4, -0.2) is 31.2 Å². The third kappa shape index (κ3) is 2.16. The zero-order valence-corrected chi connectivity index (χ0v) is 18.6. The molecule has 0 spiro atoms. The average Bonchev–Trinajstić information content (AvgIpc) is 3.16. The lowest BCUT2D eigenvalue weighted by atomic mass is 9.42. The molecule has 0 aromatic heterocycles. The Kier molecular flexibility index (Phi) is 4.07. The van der Waals surface area contributed by atoms with E-state index < -0.39 is 34.5 Å². The van der Waals surface area contributed by atoms with Crippen LogP contribution in [0.4, 0.5) is 5.69 Å². The molecule has 1 saturated heterocycles. The molecular weight excluding hydrogens is 430 g/mol. The van der Waals surface area contributed by atoms with Gasteiger partial charge in [0, 0.05) is 5.41 Å². The quantitative estimate of drug-likeness (QED) is 0.346. The standard InChI is InChI=1S/C28H21NO5/c1-27-18-7-3-5-9-20(18)28(15-30,21-10-6-4-8-19(21)27)23-22(27)24(31)29(25(23)32)17-13-11-16(12-14-17)26(33)34-2/h3-15,22-23H,1-2H3/t22-,23-,27?,28?/m1/s1. The normalized spacial score (nSPS) is 28.2. The highest BCUT2D eigenvalue weighted by Gasteiger charge is 2.72. The molecule has 3 aromatic rings. The van der Waals surface area contributed by atoms with Gasteiger partial charge in [0.2, 0.25) is 11.8 Å². The summed E-state index contributed by atoms with van der Waals surface area (Å²) < 4.78 is 4.74. The van der Waals surface area contributed by atoms with Crippen LogP contribution in [0.1, 0.15) is 39.5 Å². The van der Waals surface area contributed by atoms with Gasteiger partial charge in [-0.15, -0.1) is 0 Å². The lowest BCUT2D eigenvalue weighted by molar-refractivity contribution is -0.129. The zero-order valence-electron chi connectivity index (χ0n) is 18.6. The minimum Gasteiger partial charge on any atom is -0.465 e. The number of carbonyl (C=O) groups is 4. The summed E-state index contributed by atoms with van der Waals surface area (Å²) in [6.07, 6.45) is 0.857. The molecule has 2 amide bonds. The van der Waals surface area contributed by atoms with Gasteiger partial charge in [-0.2, -0.15) is 0 Å². The molecule has 6 nitrogen and oxygen atoms in total. The van der Waals surface area contributed by atoms with Gasteiger partial charge in [-0.1, -0.05) is 55.5 Å². The summed E-state index contributed by atoms with van der Waals surface area (Å²) in [5.41, 5.74) is 2.07. The Labute approximate surface area is 196 Å². The highest BCUT2D eigenvalue weighted by atomic mass is 16.5. The predicted molar refractivity (Wildman–Crippen MR) is 123 cm³/mol. The van der Waals surface area contributed by atoms with Gasteiger partial charge in [-0.05, 0) is 46.5 Å². The summed E-state index contributed by atoms with van der Waals surface area (Å²) in [4.78, 5) is 54.0. The van der Waals surface area contributed by atoms with Crippen molar-refractivity contribution in [3.63, 3.8) is 0 Å². The van der Waals surface area contributed by atoms with Gasteiger partial charge in [0.1, 0.15) is 6.29 Å². The van der Waals surface area contributed by atoms with Crippen molar-refractivity contribution in [3.8, 4) is 0 Å². The van der Waals surface area contributed by atoms with Crippen LogP contribution in [0.25, 0.3) is 0 Å². The van der Waals surface area contributed by atoms with Gasteiger partial charge < -0.3 is 9.53 Å².